The second-order valence-electron chi connectivity index (χ2n) is 4.60. The Morgan fingerprint density at radius 3 is 2.56 bits per heavy atom. The molecule has 0 unspecified atom stereocenters. The molecule has 0 radical (unpaired) electrons. The summed E-state index contributed by atoms with van der Waals surface area (Å²) in [5.74, 6) is 1.61. The van der Waals surface area contributed by atoms with E-state index < -0.39 is 0 Å². The third-order valence-electron chi connectivity index (χ3n) is 3.36. The molecule has 0 saturated carbocycles. The minimum atomic E-state index is 0.721. The SMILES string of the molecule is COc1ccc(N2CCC(C)CC2)cc1N. The Morgan fingerprint density at radius 1 is 1.31 bits per heavy atom. The fraction of sp³-hybridized carbons (Fsp3) is 0.538. The molecule has 16 heavy (non-hydrogen) atoms. The van der Waals surface area contributed by atoms with Crippen molar-refractivity contribution in [3.05, 3.63) is 18.2 Å². The van der Waals surface area contributed by atoms with Crippen molar-refractivity contribution in [3.8, 4) is 5.75 Å². The van der Waals surface area contributed by atoms with E-state index in [2.05, 4.69) is 17.9 Å². The molecule has 3 heteroatoms. The van der Waals surface area contributed by atoms with Crippen molar-refractivity contribution < 1.29 is 4.74 Å². The van der Waals surface area contributed by atoms with Gasteiger partial charge in [0.1, 0.15) is 5.75 Å². The highest BCUT2D eigenvalue weighted by molar-refractivity contribution is 5.63. The van der Waals surface area contributed by atoms with Gasteiger partial charge in [0.15, 0.2) is 0 Å². The van der Waals surface area contributed by atoms with Crippen molar-refractivity contribution in [3.63, 3.8) is 0 Å². The van der Waals surface area contributed by atoms with E-state index in [1.54, 1.807) is 7.11 Å². The molecule has 0 bridgehead atoms. The van der Waals surface area contributed by atoms with Crippen LogP contribution in [-0.2, 0) is 0 Å². The van der Waals surface area contributed by atoms with Crippen LogP contribution in [0.3, 0.4) is 0 Å². The molecule has 0 aromatic heterocycles. The van der Waals surface area contributed by atoms with Gasteiger partial charge in [-0.2, -0.15) is 0 Å². The van der Waals surface area contributed by atoms with E-state index in [0.29, 0.717) is 0 Å². The quantitative estimate of drug-likeness (QED) is 0.778. The molecule has 2 rings (SSSR count). The third-order valence-corrected chi connectivity index (χ3v) is 3.36. The van der Waals surface area contributed by atoms with Crippen LogP contribution >= 0.6 is 0 Å². The summed E-state index contributed by atoms with van der Waals surface area (Å²) in [5, 5.41) is 0. The molecule has 1 aromatic carbocycles. The molecule has 2 N–H and O–H groups in total. The Kier molecular flexibility index (Phi) is 3.22. The molecule has 1 aliphatic rings. The van der Waals surface area contributed by atoms with Gasteiger partial charge in [0.2, 0.25) is 0 Å². The first-order valence-electron chi connectivity index (χ1n) is 5.89. The fourth-order valence-corrected chi connectivity index (χ4v) is 2.19. The molecule has 1 fully saturated rings. The highest BCUT2D eigenvalue weighted by Gasteiger charge is 2.16. The third kappa shape index (κ3) is 2.23. The van der Waals surface area contributed by atoms with Crippen LogP contribution in [0.2, 0.25) is 0 Å². The summed E-state index contributed by atoms with van der Waals surface area (Å²) in [4.78, 5) is 2.40. The lowest BCUT2D eigenvalue weighted by atomic mass is 9.99. The summed E-state index contributed by atoms with van der Waals surface area (Å²) in [6, 6.07) is 6.04. The summed E-state index contributed by atoms with van der Waals surface area (Å²) < 4.78 is 5.16. The van der Waals surface area contributed by atoms with E-state index in [0.717, 1.165) is 30.4 Å². The van der Waals surface area contributed by atoms with Gasteiger partial charge in [0.05, 0.1) is 12.8 Å². The maximum Gasteiger partial charge on any atom is 0.141 e. The van der Waals surface area contributed by atoms with E-state index in [4.69, 9.17) is 10.5 Å². The molecule has 0 atom stereocenters. The molecule has 3 nitrogen and oxygen atoms in total. The lowest BCUT2D eigenvalue weighted by Gasteiger charge is -2.32. The summed E-state index contributed by atoms with van der Waals surface area (Å²) in [7, 11) is 1.65. The number of rotatable bonds is 2. The van der Waals surface area contributed by atoms with Crippen LogP contribution < -0.4 is 15.4 Å². The first kappa shape index (κ1) is 11.1. The molecule has 0 spiro atoms. The molecule has 1 aromatic rings. The largest absolute Gasteiger partial charge is 0.495 e. The van der Waals surface area contributed by atoms with Crippen LogP contribution in [0, 0.1) is 5.92 Å². The number of benzene rings is 1. The van der Waals surface area contributed by atoms with Crippen molar-refractivity contribution in [2.75, 3.05) is 30.8 Å². The Morgan fingerprint density at radius 2 is 2.00 bits per heavy atom. The normalized spacial score (nSPS) is 17.5. The molecule has 1 aliphatic heterocycles. The topological polar surface area (TPSA) is 38.5 Å². The van der Waals surface area contributed by atoms with Crippen molar-refractivity contribution in [2.45, 2.75) is 19.8 Å². The Hall–Kier alpha value is -1.38. The van der Waals surface area contributed by atoms with Crippen LogP contribution in [-0.4, -0.2) is 20.2 Å². The van der Waals surface area contributed by atoms with Gasteiger partial charge in [-0.25, -0.2) is 0 Å². The van der Waals surface area contributed by atoms with Gasteiger partial charge < -0.3 is 15.4 Å². The van der Waals surface area contributed by atoms with Crippen LogP contribution in [0.15, 0.2) is 18.2 Å². The number of nitrogen functional groups attached to an aromatic ring is 1. The number of hydrogen-bond donors (Lipinski definition) is 1. The molecular formula is C13H20N2O. The van der Waals surface area contributed by atoms with Crippen LogP contribution in [0.25, 0.3) is 0 Å². The van der Waals surface area contributed by atoms with Crippen molar-refractivity contribution >= 4 is 11.4 Å². The summed E-state index contributed by atoms with van der Waals surface area (Å²) >= 11 is 0. The number of piperidine rings is 1. The lowest BCUT2D eigenvalue weighted by molar-refractivity contribution is 0.416. The van der Waals surface area contributed by atoms with E-state index in [-0.39, 0.29) is 0 Å². The average Bonchev–Trinajstić information content (AvgIpc) is 2.30. The van der Waals surface area contributed by atoms with Gasteiger partial charge in [0, 0.05) is 18.8 Å². The second kappa shape index (κ2) is 4.64. The van der Waals surface area contributed by atoms with E-state index in [9.17, 15) is 0 Å². The number of nitrogens with two attached hydrogens (primary N) is 1. The minimum Gasteiger partial charge on any atom is -0.495 e. The van der Waals surface area contributed by atoms with Crippen molar-refractivity contribution in [2.24, 2.45) is 5.92 Å². The standard InChI is InChI=1S/C13H20N2O/c1-10-5-7-15(8-6-10)11-3-4-13(16-2)12(14)9-11/h3-4,9-10H,5-8,14H2,1-2H3. The number of methoxy groups -OCH3 is 1. The smallest absolute Gasteiger partial charge is 0.141 e. The van der Waals surface area contributed by atoms with Gasteiger partial charge in [-0.15, -0.1) is 0 Å². The predicted octanol–water partition coefficient (Wildman–Crippen LogP) is 2.51. The maximum absolute atomic E-state index is 5.91. The maximum atomic E-state index is 5.91. The van der Waals surface area contributed by atoms with E-state index >= 15 is 0 Å². The number of ether oxygens (including phenoxy) is 1. The zero-order valence-corrected chi connectivity index (χ0v) is 10.1. The summed E-state index contributed by atoms with van der Waals surface area (Å²) in [5.41, 5.74) is 7.85. The first-order valence-corrected chi connectivity index (χ1v) is 5.89. The Labute approximate surface area is 97.2 Å². The minimum absolute atomic E-state index is 0.721. The molecule has 1 saturated heterocycles. The second-order valence-corrected chi connectivity index (χ2v) is 4.60. The highest BCUT2D eigenvalue weighted by Crippen LogP contribution is 2.29. The van der Waals surface area contributed by atoms with Gasteiger partial charge >= 0.3 is 0 Å². The molecule has 88 valence electrons. The highest BCUT2D eigenvalue weighted by atomic mass is 16.5. The lowest BCUT2D eigenvalue weighted by Crippen LogP contribution is -2.32. The first-order chi connectivity index (χ1) is 7.70. The Bertz CT molecular complexity index is 357. The fourth-order valence-electron chi connectivity index (χ4n) is 2.19. The molecular weight excluding hydrogens is 200 g/mol. The van der Waals surface area contributed by atoms with Crippen LogP contribution in [0.1, 0.15) is 19.8 Å². The van der Waals surface area contributed by atoms with E-state index in [1.165, 1.54) is 18.5 Å². The van der Waals surface area contributed by atoms with Crippen molar-refractivity contribution in [1.29, 1.82) is 0 Å². The van der Waals surface area contributed by atoms with Crippen molar-refractivity contribution in [1.82, 2.24) is 0 Å². The molecule has 0 amide bonds. The van der Waals surface area contributed by atoms with E-state index in [1.807, 2.05) is 12.1 Å². The number of nitrogens with zero attached hydrogens (tertiary/aromatic N) is 1. The van der Waals surface area contributed by atoms with Gasteiger partial charge in [0.25, 0.3) is 0 Å². The molecule has 1 heterocycles. The zero-order valence-electron chi connectivity index (χ0n) is 10.1. The average molecular weight is 220 g/mol. The van der Waals surface area contributed by atoms with Gasteiger partial charge in [-0.3, -0.25) is 0 Å². The number of anilines is 2. The van der Waals surface area contributed by atoms with Gasteiger partial charge in [-0.1, -0.05) is 6.92 Å². The predicted molar refractivity (Wildman–Crippen MR) is 68.0 cm³/mol. The Balaban J connectivity index is 2.12. The van der Waals surface area contributed by atoms with Crippen LogP contribution in [0.4, 0.5) is 11.4 Å². The van der Waals surface area contributed by atoms with Gasteiger partial charge in [-0.05, 0) is 37.0 Å². The van der Waals surface area contributed by atoms with Crippen LogP contribution in [0.5, 0.6) is 5.75 Å². The molecule has 0 aliphatic carbocycles. The summed E-state index contributed by atoms with van der Waals surface area (Å²) in [6.45, 7) is 4.58. The monoisotopic (exact) mass is 220 g/mol. The summed E-state index contributed by atoms with van der Waals surface area (Å²) in [6.07, 6.45) is 2.54. The zero-order chi connectivity index (χ0) is 11.5. The number of hydrogen-bond acceptors (Lipinski definition) is 3.